The molecule has 4 heteroatoms. The van der Waals surface area contributed by atoms with Gasteiger partial charge in [0.25, 0.3) is 0 Å². The number of benzene rings is 1. The van der Waals surface area contributed by atoms with Gasteiger partial charge in [-0.3, -0.25) is 9.69 Å². The lowest BCUT2D eigenvalue weighted by atomic mass is 10.0. The maximum Gasteiger partial charge on any atom is 0.238 e. The summed E-state index contributed by atoms with van der Waals surface area (Å²) in [5.74, 6) is 1.000. The molecule has 0 aromatic heterocycles. The van der Waals surface area contributed by atoms with Gasteiger partial charge < -0.3 is 10.1 Å². The van der Waals surface area contributed by atoms with Crippen LogP contribution in [-0.2, 0) is 4.79 Å². The Morgan fingerprint density at radius 2 is 2.17 bits per heavy atom. The molecule has 2 aliphatic rings. The minimum atomic E-state index is -0.0288. The van der Waals surface area contributed by atoms with Crippen LogP contribution in [0.1, 0.15) is 31.0 Å². The molecule has 0 spiro atoms. The number of ether oxygens (including phenoxy) is 1. The molecule has 2 atom stereocenters. The van der Waals surface area contributed by atoms with Crippen molar-refractivity contribution in [2.45, 2.75) is 31.5 Å². The first kappa shape index (κ1) is 11.5. The van der Waals surface area contributed by atoms with E-state index in [1.807, 2.05) is 24.3 Å². The summed E-state index contributed by atoms with van der Waals surface area (Å²) in [5, 5.41) is 3.09. The molecule has 4 nitrogen and oxygen atoms in total. The van der Waals surface area contributed by atoms with E-state index in [9.17, 15) is 4.79 Å². The summed E-state index contributed by atoms with van der Waals surface area (Å²) in [6.07, 6.45) is 3.25. The predicted molar refractivity (Wildman–Crippen MR) is 68.2 cm³/mol. The van der Waals surface area contributed by atoms with E-state index in [0.717, 1.165) is 37.1 Å². The Kier molecular flexibility index (Phi) is 2.96. The van der Waals surface area contributed by atoms with E-state index >= 15 is 0 Å². The molecule has 18 heavy (non-hydrogen) atoms. The van der Waals surface area contributed by atoms with Crippen molar-refractivity contribution in [2.24, 2.45) is 0 Å². The molecule has 2 heterocycles. The van der Waals surface area contributed by atoms with Crippen LogP contribution in [0.3, 0.4) is 0 Å². The molecule has 2 saturated heterocycles. The topological polar surface area (TPSA) is 41.6 Å². The van der Waals surface area contributed by atoms with Gasteiger partial charge in [-0.1, -0.05) is 24.6 Å². The van der Waals surface area contributed by atoms with Crippen LogP contribution < -0.4 is 10.1 Å². The van der Waals surface area contributed by atoms with E-state index in [4.69, 9.17) is 4.74 Å². The van der Waals surface area contributed by atoms with Crippen molar-refractivity contribution in [3.8, 4) is 5.75 Å². The third-order valence-corrected chi connectivity index (χ3v) is 3.89. The van der Waals surface area contributed by atoms with Crippen LogP contribution in [0, 0.1) is 0 Å². The smallest absolute Gasteiger partial charge is 0.238 e. The second-order valence-corrected chi connectivity index (χ2v) is 4.90. The van der Waals surface area contributed by atoms with Gasteiger partial charge in [-0.25, -0.2) is 0 Å². The summed E-state index contributed by atoms with van der Waals surface area (Å²) in [5.41, 5.74) is 1.05. The van der Waals surface area contributed by atoms with Crippen molar-refractivity contribution in [3.05, 3.63) is 29.8 Å². The van der Waals surface area contributed by atoms with Gasteiger partial charge in [0.1, 0.15) is 11.9 Å². The molecule has 1 N–H and O–H groups in total. The number of carbonyl (C=O) groups is 1. The van der Waals surface area contributed by atoms with Crippen LogP contribution in [0.5, 0.6) is 5.75 Å². The van der Waals surface area contributed by atoms with Crippen molar-refractivity contribution < 1.29 is 9.53 Å². The van der Waals surface area contributed by atoms with E-state index < -0.39 is 0 Å². The summed E-state index contributed by atoms with van der Waals surface area (Å²) in [4.78, 5) is 14.3. The van der Waals surface area contributed by atoms with E-state index in [0.29, 0.717) is 0 Å². The number of hydrogen-bond donors (Lipinski definition) is 1. The number of para-hydroxylation sites is 1. The van der Waals surface area contributed by atoms with E-state index in [1.54, 1.807) is 7.11 Å². The number of nitrogens with one attached hydrogen (secondary N) is 1. The van der Waals surface area contributed by atoms with Gasteiger partial charge in [-0.2, -0.15) is 0 Å². The minimum absolute atomic E-state index is 0.0288. The molecule has 0 saturated carbocycles. The molecule has 1 amide bonds. The van der Waals surface area contributed by atoms with E-state index in [-0.39, 0.29) is 18.1 Å². The highest BCUT2D eigenvalue weighted by molar-refractivity contribution is 5.84. The number of nitrogens with zero attached hydrogens (tertiary/aromatic N) is 1. The van der Waals surface area contributed by atoms with Gasteiger partial charge in [-0.15, -0.1) is 0 Å². The zero-order valence-corrected chi connectivity index (χ0v) is 10.6. The molecule has 0 aliphatic carbocycles. The average molecular weight is 246 g/mol. The molecule has 2 fully saturated rings. The Balaban J connectivity index is 1.94. The molecular weight excluding hydrogens is 228 g/mol. The highest BCUT2D eigenvalue weighted by atomic mass is 16.5. The predicted octanol–water partition coefficient (Wildman–Crippen LogP) is 1.68. The third kappa shape index (κ3) is 1.77. The molecule has 0 bridgehead atoms. The highest BCUT2D eigenvalue weighted by Gasteiger charge is 2.42. The summed E-state index contributed by atoms with van der Waals surface area (Å²) in [7, 11) is 1.67. The number of hydrogen-bond acceptors (Lipinski definition) is 3. The fraction of sp³-hybridized carbons (Fsp3) is 0.500. The third-order valence-electron chi connectivity index (χ3n) is 3.89. The summed E-state index contributed by atoms with van der Waals surface area (Å²) >= 11 is 0. The van der Waals surface area contributed by atoms with Crippen LogP contribution in [-0.4, -0.2) is 30.5 Å². The van der Waals surface area contributed by atoms with Crippen LogP contribution in [0.25, 0.3) is 0 Å². The normalized spacial score (nSPS) is 27.7. The van der Waals surface area contributed by atoms with Gasteiger partial charge in [0.2, 0.25) is 5.91 Å². The fourth-order valence-electron chi connectivity index (χ4n) is 3.01. The second-order valence-electron chi connectivity index (χ2n) is 4.90. The average Bonchev–Trinajstić information content (AvgIpc) is 2.77. The fourth-order valence-corrected chi connectivity index (χ4v) is 3.01. The van der Waals surface area contributed by atoms with Crippen LogP contribution in [0.4, 0.5) is 0 Å². The number of methoxy groups -OCH3 is 1. The Morgan fingerprint density at radius 3 is 3.00 bits per heavy atom. The SMILES string of the molecule is COc1ccccc1C1NC(=O)C2CCCCN21. The van der Waals surface area contributed by atoms with E-state index in [2.05, 4.69) is 10.2 Å². The maximum absolute atomic E-state index is 12.0. The van der Waals surface area contributed by atoms with Crippen molar-refractivity contribution in [1.82, 2.24) is 10.2 Å². The van der Waals surface area contributed by atoms with Gasteiger partial charge >= 0.3 is 0 Å². The number of amides is 1. The molecule has 1 aromatic carbocycles. The lowest BCUT2D eigenvalue weighted by Crippen LogP contribution is -2.38. The molecule has 96 valence electrons. The van der Waals surface area contributed by atoms with Crippen LogP contribution in [0.15, 0.2) is 24.3 Å². The quantitative estimate of drug-likeness (QED) is 0.863. The van der Waals surface area contributed by atoms with Gasteiger partial charge in [-0.05, 0) is 18.9 Å². The highest BCUT2D eigenvalue weighted by Crippen LogP contribution is 2.35. The van der Waals surface area contributed by atoms with Crippen molar-refractivity contribution in [3.63, 3.8) is 0 Å². The maximum atomic E-state index is 12.0. The summed E-state index contributed by atoms with van der Waals surface area (Å²) in [6, 6.07) is 7.96. The first-order valence-corrected chi connectivity index (χ1v) is 6.50. The molecule has 2 aliphatic heterocycles. The van der Waals surface area contributed by atoms with Crippen LogP contribution >= 0.6 is 0 Å². The Labute approximate surface area is 107 Å². The number of piperidine rings is 1. The standard InChI is InChI=1S/C14H18N2O2/c1-18-12-8-3-2-6-10(12)13-15-14(17)11-7-4-5-9-16(11)13/h2-3,6,8,11,13H,4-5,7,9H2,1H3,(H,15,17). The van der Waals surface area contributed by atoms with Gasteiger partial charge in [0, 0.05) is 12.1 Å². The Morgan fingerprint density at radius 1 is 1.33 bits per heavy atom. The number of carbonyl (C=O) groups excluding carboxylic acids is 1. The largest absolute Gasteiger partial charge is 0.496 e. The van der Waals surface area contributed by atoms with Crippen molar-refractivity contribution in [1.29, 1.82) is 0 Å². The zero-order chi connectivity index (χ0) is 12.5. The number of rotatable bonds is 2. The van der Waals surface area contributed by atoms with Gasteiger partial charge in [0.15, 0.2) is 0 Å². The molecule has 3 rings (SSSR count). The first-order chi connectivity index (χ1) is 8.81. The monoisotopic (exact) mass is 246 g/mol. The summed E-state index contributed by atoms with van der Waals surface area (Å²) in [6.45, 7) is 0.978. The Bertz CT molecular complexity index is 461. The van der Waals surface area contributed by atoms with Crippen molar-refractivity contribution in [2.75, 3.05) is 13.7 Å². The Hall–Kier alpha value is -1.55. The second kappa shape index (κ2) is 4.61. The van der Waals surface area contributed by atoms with Gasteiger partial charge in [0.05, 0.1) is 13.2 Å². The molecule has 2 unspecified atom stereocenters. The molecular formula is C14H18N2O2. The zero-order valence-electron chi connectivity index (χ0n) is 10.6. The summed E-state index contributed by atoms with van der Waals surface area (Å²) < 4.78 is 5.39. The van der Waals surface area contributed by atoms with Crippen LogP contribution in [0.2, 0.25) is 0 Å². The van der Waals surface area contributed by atoms with Crippen molar-refractivity contribution >= 4 is 5.91 Å². The molecule has 0 radical (unpaired) electrons. The lowest BCUT2D eigenvalue weighted by molar-refractivity contribution is -0.122. The molecule has 1 aromatic rings. The lowest BCUT2D eigenvalue weighted by Gasteiger charge is -2.31. The minimum Gasteiger partial charge on any atom is -0.496 e. The number of fused-ring (bicyclic) bond motifs is 1. The first-order valence-electron chi connectivity index (χ1n) is 6.50. The van der Waals surface area contributed by atoms with E-state index in [1.165, 1.54) is 0 Å².